The number of rotatable bonds is 6. The van der Waals surface area contributed by atoms with Gasteiger partial charge in [0.15, 0.2) is 0 Å². The number of nitrogens with one attached hydrogen (secondary N) is 2. The van der Waals surface area contributed by atoms with Crippen LogP contribution < -0.4 is 9.46 Å². The maximum Gasteiger partial charge on any atom is 0.254 e. The number of hydrogen-bond acceptors (Lipinski definition) is 5. The second kappa shape index (κ2) is 6.71. The lowest BCUT2D eigenvalue weighted by Gasteiger charge is -2.08. The minimum absolute atomic E-state index is 0.309. The molecule has 0 aliphatic carbocycles. The van der Waals surface area contributed by atoms with E-state index in [-0.39, 0.29) is 0 Å². The third kappa shape index (κ3) is 3.54. The lowest BCUT2D eigenvalue weighted by atomic mass is 10.2. The van der Waals surface area contributed by atoms with E-state index in [1.54, 1.807) is 6.92 Å². The second-order valence-electron chi connectivity index (χ2n) is 5.00. The number of nitrogens with zero attached hydrogens (tertiary/aromatic N) is 2. The quantitative estimate of drug-likeness (QED) is 0.717. The summed E-state index contributed by atoms with van der Waals surface area (Å²) in [6.45, 7) is 1.95. The maximum absolute atomic E-state index is 11.9. The van der Waals surface area contributed by atoms with Gasteiger partial charge in [-0.15, -0.1) is 0 Å². The van der Waals surface area contributed by atoms with Crippen molar-refractivity contribution in [1.29, 1.82) is 0 Å². The molecule has 2 aromatic heterocycles. The van der Waals surface area contributed by atoms with Crippen molar-refractivity contribution in [2.24, 2.45) is 0 Å². The van der Waals surface area contributed by atoms with Crippen LogP contribution in [0.5, 0.6) is 5.88 Å². The van der Waals surface area contributed by atoms with E-state index in [0.717, 1.165) is 11.0 Å². The molecule has 0 aliphatic rings. The van der Waals surface area contributed by atoms with E-state index >= 15 is 0 Å². The van der Waals surface area contributed by atoms with E-state index < -0.39 is 10.0 Å². The van der Waals surface area contributed by atoms with E-state index in [1.165, 1.54) is 18.6 Å². The van der Waals surface area contributed by atoms with Gasteiger partial charge in [0.25, 0.3) is 10.0 Å². The number of ether oxygens (including phenoxy) is 1. The van der Waals surface area contributed by atoms with Crippen LogP contribution in [-0.4, -0.2) is 23.4 Å². The molecule has 0 atom stereocenters. The number of anilines is 1. The van der Waals surface area contributed by atoms with Crippen LogP contribution in [0, 0.1) is 0 Å². The first kappa shape index (κ1) is 16.0. The molecular weight excluding hydrogens is 328 g/mol. The van der Waals surface area contributed by atoms with Crippen LogP contribution in [0.3, 0.4) is 0 Å². The molecule has 0 bridgehead atoms. The van der Waals surface area contributed by atoms with Gasteiger partial charge in [0, 0.05) is 11.6 Å². The lowest BCUT2D eigenvalue weighted by molar-refractivity contribution is 0.298. The first-order chi connectivity index (χ1) is 11.6. The normalized spacial score (nSPS) is 11.9. The van der Waals surface area contributed by atoms with Crippen molar-refractivity contribution in [2.75, 3.05) is 4.72 Å². The Bertz CT molecular complexity index is 965. The Kier molecular flexibility index (Phi) is 4.48. The van der Waals surface area contributed by atoms with E-state index in [4.69, 9.17) is 4.74 Å². The van der Waals surface area contributed by atoms with Crippen molar-refractivity contribution >= 4 is 26.7 Å². The highest BCUT2D eigenvalue weighted by Gasteiger charge is 2.16. The average Bonchev–Trinajstić information content (AvgIpc) is 2.97. The van der Waals surface area contributed by atoms with Crippen LogP contribution in [0.2, 0.25) is 0 Å². The second-order valence-corrected chi connectivity index (χ2v) is 6.56. The molecule has 0 amide bonds. The zero-order valence-corrected chi connectivity index (χ0v) is 13.7. The minimum Gasteiger partial charge on any atom is -0.472 e. The van der Waals surface area contributed by atoms with Gasteiger partial charge in [0.2, 0.25) is 5.88 Å². The Morgan fingerprint density at radius 3 is 2.79 bits per heavy atom. The molecule has 2 heterocycles. The zero-order valence-electron chi connectivity index (χ0n) is 12.9. The fourth-order valence-corrected chi connectivity index (χ4v) is 3.11. The van der Waals surface area contributed by atoms with Crippen molar-refractivity contribution in [3.63, 3.8) is 0 Å². The van der Waals surface area contributed by atoms with Gasteiger partial charge in [-0.25, -0.2) is 18.4 Å². The van der Waals surface area contributed by atoms with Crippen LogP contribution in [-0.2, 0) is 16.6 Å². The predicted molar refractivity (Wildman–Crippen MR) is 92.0 cm³/mol. The maximum atomic E-state index is 11.9. The van der Waals surface area contributed by atoms with E-state index in [9.17, 15) is 8.42 Å². The van der Waals surface area contributed by atoms with Crippen molar-refractivity contribution in [2.45, 2.75) is 13.5 Å². The van der Waals surface area contributed by atoms with Gasteiger partial charge in [-0.3, -0.25) is 4.72 Å². The van der Waals surface area contributed by atoms with Crippen LogP contribution in [0.1, 0.15) is 12.5 Å². The molecule has 3 aromatic rings. The minimum atomic E-state index is -3.59. The number of fused-ring (bicyclic) bond motifs is 1. The highest BCUT2D eigenvalue weighted by molar-refractivity contribution is 7.95. The van der Waals surface area contributed by atoms with Crippen LogP contribution in [0.25, 0.3) is 11.0 Å². The van der Waals surface area contributed by atoms with Crippen LogP contribution >= 0.6 is 0 Å². The number of H-pyrrole nitrogens is 1. The average molecular weight is 344 g/mol. The zero-order chi connectivity index (χ0) is 17.0. The number of allylic oxidation sites excluding steroid dienone is 1. The smallest absolute Gasteiger partial charge is 0.254 e. The van der Waals surface area contributed by atoms with Gasteiger partial charge < -0.3 is 9.72 Å². The van der Waals surface area contributed by atoms with E-state index in [0.29, 0.717) is 29.2 Å². The van der Waals surface area contributed by atoms with Gasteiger partial charge in [-0.2, -0.15) is 0 Å². The summed E-state index contributed by atoms with van der Waals surface area (Å²) in [7, 11) is -3.59. The van der Waals surface area contributed by atoms with Crippen LogP contribution in [0.15, 0.2) is 54.3 Å². The molecule has 0 spiro atoms. The number of sulfonamides is 1. The van der Waals surface area contributed by atoms with E-state index in [2.05, 4.69) is 19.7 Å². The van der Waals surface area contributed by atoms with Crippen molar-refractivity contribution in [3.8, 4) is 5.88 Å². The third-order valence-electron chi connectivity index (χ3n) is 3.22. The van der Waals surface area contributed by atoms with Crippen LogP contribution in [0.4, 0.5) is 5.69 Å². The van der Waals surface area contributed by atoms with Gasteiger partial charge in [-0.1, -0.05) is 36.4 Å². The molecule has 3 rings (SSSR count). The summed E-state index contributed by atoms with van der Waals surface area (Å²) in [6.07, 6.45) is 4.33. The first-order valence-corrected chi connectivity index (χ1v) is 8.78. The largest absolute Gasteiger partial charge is 0.472 e. The number of hydrogen-bond donors (Lipinski definition) is 2. The van der Waals surface area contributed by atoms with E-state index in [1.807, 2.05) is 30.3 Å². The molecule has 0 unspecified atom stereocenters. The lowest BCUT2D eigenvalue weighted by Crippen LogP contribution is -2.08. The molecular formula is C16H16N4O3S. The highest BCUT2D eigenvalue weighted by Crippen LogP contribution is 2.30. The SMILES string of the molecule is CC=CS(=O)(=O)Nc1c[nH]c2ncnc(OCc3ccccc3)c12. The third-order valence-corrected chi connectivity index (χ3v) is 4.36. The molecule has 2 N–H and O–H groups in total. The Morgan fingerprint density at radius 1 is 1.25 bits per heavy atom. The van der Waals surface area contributed by atoms with Gasteiger partial charge in [-0.05, 0) is 12.5 Å². The molecule has 0 saturated carbocycles. The Morgan fingerprint density at radius 2 is 2.04 bits per heavy atom. The molecule has 0 fully saturated rings. The molecule has 0 saturated heterocycles. The fraction of sp³-hybridized carbons (Fsp3) is 0.125. The molecule has 24 heavy (non-hydrogen) atoms. The Balaban J connectivity index is 1.92. The Hall–Kier alpha value is -2.87. The summed E-state index contributed by atoms with van der Waals surface area (Å²) < 4.78 is 32.1. The summed E-state index contributed by atoms with van der Waals surface area (Å²) in [5.74, 6) is 0.309. The first-order valence-electron chi connectivity index (χ1n) is 7.23. The number of aromatic nitrogens is 3. The van der Waals surface area contributed by atoms with Crippen molar-refractivity contribution in [1.82, 2.24) is 15.0 Å². The van der Waals surface area contributed by atoms with Gasteiger partial charge in [0.05, 0.1) is 5.69 Å². The van der Waals surface area contributed by atoms with Crippen molar-refractivity contribution in [3.05, 3.63) is 59.9 Å². The standard InChI is InChI=1S/C16H16N4O3S/c1-2-8-24(21,22)20-13-9-17-15-14(13)16(19-11-18-15)23-10-12-6-4-3-5-7-12/h2-9,11,20H,10H2,1H3,(H,17,18,19). The molecule has 0 aliphatic heterocycles. The monoisotopic (exact) mass is 344 g/mol. The number of benzene rings is 1. The number of aromatic amines is 1. The Labute approximate surface area is 139 Å². The highest BCUT2D eigenvalue weighted by atomic mass is 32.2. The summed E-state index contributed by atoms with van der Waals surface area (Å²) in [4.78, 5) is 11.1. The van der Waals surface area contributed by atoms with Crippen molar-refractivity contribution < 1.29 is 13.2 Å². The summed E-state index contributed by atoms with van der Waals surface area (Å²) in [6, 6.07) is 9.63. The molecule has 8 heteroatoms. The summed E-state index contributed by atoms with van der Waals surface area (Å²) >= 11 is 0. The fourth-order valence-electron chi connectivity index (χ4n) is 2.22. The summed E-state index contributed by atoms with van der Waals surface area (Å²) in [5.41, 5.74) is 1.81. The molecule has 0 radical (unpaired) electrons. The topological polar surface area (TPSA) is 97.0 Å². The van der Waals surface area contributed by atoms with Gasteiger partial charge >= 0.3 is 0 Å². The summed E-state index contributed by atoms with van der Waals surface area (Å²) in [5, 5.41) is 1.57. The molecule has 1 aromatic carbocycles. The molecule has 124 valence electrons. The van der Waals surface area contributed by atoms with Gasteiger partial charge in [0.1, 0.15) is 24.0 Å². The predicted octanol–water partition coefficient (Wildman–Crippen LogP) is 2.81. The molecule has 7 nitrogen and oxygen atoms in total.